The summed E-state index contributed by atoms with van der Waals surface area (Å²) < 4.78 is 1.82. The van der Waals surface area contributed by atoms with Crippen molar-refractivity contribution in [3.05, 3.63) is 59.1 Å². The Morgan fingerprint density at radius 2 is 2.08 bits per heavy atom. The van der Waals surface area contributed by atoms with Gasteiger partial charge in [0.15, 0.2) is 5.78 Å². The van der Waals surface area contributed by atoms with Gasteiger partial charge in [0.2, 0.25) is 0 Å². The number of nitrogens with zero attached hydrogens (tertiary/aromatic N) is 2. The monoisotopic (exact) mass is 317 g/mol. The van der Waals surface area contributed by atoms with Gasteiger partial charge in [0, 0.05) is 29.8 Å². The predicted octanol–water partition coefficient (Wildman–Crippen LogP) is 2.86. The van der Waals surface area contributed by atoms with Gasteiger partial charge in [-0.1, -0.05) is 25.8 Å². The van der Waals surface area contributed by atoms with Gasteiger partial charge < -0.3 is 5.32 Å². The van der Waals surface area contributed by atoms with Crippen molar-refractivity contribution in [1.82, 2.24) is 14.9 Å². The third kappa shape index (κ3) is 2.63. The molecular weight excluding hydrogens is 298 g/mol. The first-order valence-electron chi connectivity index (χ1n) is 8.17. The van der Waals surface area contributed by atoms with Crippen molar-refractivity contribution in [1.29, 1.82) is 0 Å². The topological polar surface area (TPSA) is 46.4 Å². The number of aromatic nitrogens is 2. The van der Waals surface area contributed by atoms with Gasteiger partial charge in [-0.3, -0.25) is 4.79 Å². The van der Waals surface area contributed by atoms with E-state index in [1.165, 1.54) is 0 Å². The molecule has 4 heteroatoms. The second kappa shape index (κ2) is 5.38. The minimum Gasteiger partial charge on any atom is -0.383 e. The van der Waals surface area contributed by atoms with Crippen molar-refractivity contribution in [3.8, 4) is 11.8 Å². The Hall–Kier alpha value is -2.80. The SMILES string of the molecule is CC1(C)CC(=O)C2=C(C1)NCC(C#Cc1cccc3ccnn13)=C2. The van der Waals surface area contributed by atoms with Crippen LogP contribution in [-0.4, -0.2) is 21.9 Å². The molecule has 0 saturated carbocycles. The fraction of sp³-hybridized carbons (Fsp3) is 0.300. The number of ketones is 1. The first-order valence-corrected chi connectivity index (χ1v) is 8.17. The molecule has 1 aliphatic carbocycles. The van der Waals surface area contributed by atoms with Crippen LogP contribution in [0.25, 0.3) is 5.52 Å². The minimum absolute atomic E-state index is 0.0374. The Bertz CT molecular complexity index is 963. The number of dihydropyridines is 1. The number of pyridine rings is 1. The summed E-state index contributed by atoms with van der Waals surface area (Å²) in [5, 5.41) is 7.68. The van der Waals surface area contributed by atoms with Crippen molar-refractivity contribution < 1.29 is 4.79 Å². The van der Waals surface area contributed by atoms with E-state index in [-0.39, 0.29) is 11.2 Å². The van der Waals surface area contributed by atoms with Crippen LogP contribution in [0.1, 0.15) is 32.4 Å². The largest absolute Gasteiger partial charge is 0.383 e. The third-order valence-electron chi connectivity index (χ3n) is 4.50. The van der Waals surface area contributed by atoms with Crippen molar-refractivity contribution in [2.45, 2.75) is 26.7 Å². The van der Waals surface area contributed by atoms with Crippen molar-refractivity contribution in [2.24, 2.45) is 5.41 Å². The normalized spacial score (nSPS) is 19.2. The summed E-state index contributed by atoms with van der Waals surface area (Å²) in [6, 6.07) is 7.87. The lowest BCUT2D eigenvalue weighted by molar-refractivity contribution is -0.117. The van der Waals surface area contributed by atoms with Crippen LogP contribution in [0.15, 0.2) is 53.4 Å². The summed E-state index contributed by atoms with van der Waals surface area (Å²) in [5.74, 6) is 6.58. The van der Waals surface area contributed by atoms with Gasteiger partial charge in [-0.2, -0.15) is 5.10 Å². The van der Waals surface area contributed by atoms with Crippen LogP contribution in [0.3, 0.4) is 0 Å². The molecule has 0 spiro atoms. The highest BCUT2D eigenvalue weighted by atomic mass is 16.1. The maximum atomic E-state index is 12.4. The molecule has 2 aromatic heterocycles. The summed E-state index contributed by atoms with van der Waals surface area (Å²) in [4.78, 5) is 12.4. The van der Waals surface area contributed by atoms with E-state index in [4.69, 9.17) is 0 Å². The van der Waals surface area contributed by atoms with E-state index in [9.17, 15) is 4.79 Å². The Balaban J connectivity index is 1.67. The lowest BCUT2D eigenvalue weighted by Gasteiger charge is -2.33. The van der Waals surface area contributed by atoms with E-state index in [1.54, 1.807) is 6.20 Å². The van der Waals surface area contributed by atoms with Crippen LogP contribution in [-0.2, 0) is 4.79 Å². The second-order valence-electron chi connectivity index (χ2n) is 7.19. The van der Waals surface area contributed by atoms with Crippen molar-refractivity contribution in [3.63, 3.8) is 0 Å². The molecule has 1 aliphatic heterocycles. The number of carbonyl (C=O) groups is 1. The van der Waals surface area contributed by atoms with E-state index in [0.717, 1.165) is 34.5 Å². The minimum atomic E-state index is 0.0374. The van der Waals surface area contributed by atoms with Gasteiger partial charge in [-0.05, 0) is 42.0 Å². The fourth-order valence-electron chi connectivity index (χ4n) is 3.36. The second-order valence-corrected chi connectivity index (χ2v) is 7.19. The highest BCUT2D eigenvalue weighted by molar-refractivity contribution is 6.00. The van der Waals surface area contributed by atoms with Gasteiger partial charge in [0.25, 0.3) is 0 Å². The van der Waals surface area contributed by atoms with Crippen LogP contribution >= 0.6 is 0 Å². The Labute approximate surface area is 141 Å². The van der Waals surface area contributed by atoms with E-state index < -0.39 is 0 Å². The molecule has 0 aromatic carbocycles. The zero-order valence-corrected chi connectivity index (χ0v) is 13.9. The predicted molar refractivity (Wildman–Crippen MR) is 93.2 cm³/mol. The van der Waals surface area contributed by atoms with Gasteiger partial charge in [0.05, 0.1) is 11.7 Å². The molecule has 0 radical (unpaired) electrons. The highest BCUT2D eigenvalue weighted by Gasteiger charge is 2.33. The van der Waals surface area contributed by atoms with E-state index >= 15 is 0 Å². The molecule has 0 amide bonds. The zero-order valence-electron chi connectivity index (χ0n) is 13.9. The molecule has 1 N–H and O–H groups in total. The third-order valence-corrected chi connectivity index (χ3v) is 4.50. The number of allylic oxidation sites excluding steroid dienone is 3. The average molecular weight is 317 g/mol. The smallest absolute Gasteiger partial charge is 0.165 e. The number of Topliss-reactive ketones (excluding diaryl/α,β-unsaturated/α-hetero) is 1. The van der Waals surface area contributed by atoms with Crippen LogP contribution in [0.5, 0.6) is 0 Å². The molecule has 0 saturated heterocycles. The lowest BCUT2D eigenvalue weighted by Crippen LogP contribution is -2.34. The maximum absolute atomic E-state index is 12.4. The number of hydrogen-bond donors (Lipinski definition) is 1. The number of nitrogens with one attached hydrogen (secondary N) is 1. The van der Waals surface area contributed by atoms with Crippen LogP contribution < -0.4 is 5.32 Å². The standard InChI is InChI=1S/C20H19N3O/c1-20(2)11-18-17(19(24)12-20)10-14(13-21-18)6-7-15-4-3-5-16-8-9-22-23(15)16/h3-5,8-10,21H,11-13H2,1-2H3. The Morgan fingerprint density at radius 1 is 1.21 bits per heavy atom. The fourth-order valence-corrected chi connectivity index (χ4v) is 3.36. The highest BCUT2D eigenvalue weighted by Crippen LogP contribution is 2.37. The number of rotatable bonds is 0. The van der Waals surface area contributed by atoms with E-state index in [1.807, 2.05) is 34.9 Å². The molecule has 4 nitrogen and oxygen atoms in total. The van der Waals surface area contributed by atoms with Crippen LogP contribution in [0, 0.1) is 17.3 Å². The quantitative estimate of drug-likeness (QED) is 0.760. The Kier molecular flexibility index (Phi) is 3.31. The van der Waals surface area contributed by atoms with Gasteiger partial charge in [0.1, 0.15) is 5.69 Å². The average Bonchev–Trinajstić information content (AvgIpc) is 3.01. The van der Waals surface area contributed by atoms with Crippen molar-refractivity contribution >= 4 is 11.3 Å². The van der Waals surface area contributed by atoms with Gasteiger partial charge in [-0.25, -0.2) is 4.52 Å². The van der Waals surface area contributed by atoms with Gasteiger partial charge >= 0.3 is 0 Å². The molecule has 4 rings (SSSR count). The molecule has 0 unspecified atom stereocenters. The summed E-state index contributed by atoms with van der Waals surface area (Å²) in [5.41, 5.74) is 4.71. The number of fused-ring (bicyclic) bond motifs is 1. The first-order chi connectivity index (χ1) is 11.5. The molecular formula is C20H19N3O. The molecule has 24 heavy (non-hydrogen) atoms. The number of hydrogen-bond acceptors (Lipinski definition) is 3. The lowest BCUT2D eigenvalue weighted by atomic mass is 9.75. The van der Waals surface area contributed by atoms with Crippen LogP contribution in [0.2, 0.25) is 0 Å². The zero-order chi connectivity index (χ0) is 16.7. The number of carbonyl (C=O) groups excluding carboxylic acids is 1. The molecule has 2 aromatic rings. The molecule has 0 atom stereocenters. The summed E-state index contributed by atoms with van der Waals surface area (Å²) in [6.07, 6.45) is 5.23. The molecule has 2 aliphatic rings. The summed E-state index contributed by atoms with van der Waals surface area (Å²) in [7, 11) is 0. The molecule has 0 bridgehead atoms. The molecule has 0 fully saturated rings. The molecule has 3 heterocycles. The maximum Gasteiger partial charge on any atom is 0.165 e. The van der Waals surface area contributed by atoms with E-state index in [0.29, 0.717) is 13.0 Å². The van der Waals surface area contributed by atoms with Crippen molar-refractivity contribution in [2.75, 3.05) is 6.54 Å². The van der Waals surface area contributed by atoms with E-state index in [2.05, 4.69) is 36.1 Å². The Morgan fingerprint density at radius 3 is 2.96 bits per heavy atom. The van der Waals surface area contributed by atoms with Gasteiger partial charge in [-0.15, -0.1) is 0 Å². The summed E-state index contributed by atoms with van der Waals surface area (Å²) in [6.45, 7) is 4.95. The first kappa shape index (κ1) is 14.8. The summed E-state index contributed by atoms with van der Waals surface area (Å²) >= 11 is 0. The van der Waals surface area contributed by atoms with Crippen LogP contribution in [0.4, 0.5) is 0 Å². The molecule has 120 valence electrons.